The summed E-state index contributed by atoms with van der Waals surface area (Å²) in [5.74, 6) is 0. The fraction of sp³-hybridized carbons (Fsp3) is 1.00. The predicted molar refractivity (Wildman–Crippen MR) is 31.7 cm³/mol. The zero-order valence-corrected chi connectivity index (χ0v) is 6.05. The van der Waals surface area contributed by atoms with Crippen molar-refractivity contribution in [2.24, 2.45) is 0 Å². The molecule has 0 heterocycles. The number of quaternary nitrogens is 1. The van der Waals surface area contributed by atoms with Crippen LogP contribution in [0.3, 0.4) is 0 Å². The first kappa shape index (κ1) is 9.71. The van der Waals surface area contributed by atoms with Gasteiger partial charge in [-0.25, -0.2) is 0 Å². The Balaban J connectivity index is 3.21. The first-order chi connectivity index (χ1) is 4.42. The van der Waals surface area contributed by atoms with E-state index in [9.17, 15) is 13.2 Å². The molecule has 0 fully saturated rings. The van der Waals surface area contributed by atoms with E-state index in [0.29, 0.717) is 6.67 Å². The average molecular weight is 157 g/mol. The van der Waals surface area contributed by atoms with Crippen molar-refractivity contribution in [3.8, 4) is 0 Å². The largest absolute Gasteiger partial charge is 0.401 e. The Hall–Kier alpha value is -0.290. The highest BCUT2D eigenvalue weighted by atomic mass is 19.4. The number of halogens is 3. The van der Waals surface area contributed by atoms with Gasteiger partial charge in [0.15, 0.2) is 0 Å². The molecular formula is C5H12F3N2+. The zero-order chi connectivity index (χ0) is 8.20. The lowest BCUT2D eigenvalue weighted by Gasteiger charge is -2.10. The smallest absolute Gasteiger partial charge is 0.327 e. The van der Waals surface area contributed by atoms with E-state index in [2.05, 4.69) is 5.32 Å². The molecule has 0 atom stereocenters. The van der Waals surface area contributed by atoms with Crippen molar-refractivity contribution in [2.75, 3.05) is 27.3 Å². The van der Waals surface area contributed by atoms with Crippen molar-refractivity contribution in [2.45, 2.75) is 6.18 Å². The third-order valence-corrected chi connectivity index (χ3v) is 0.804. The highest BCUT2D eigenvalue weighted by Gasteiger charge is 2.26. The molecule has 0 rings (SSSR count). The van der Waals surface area contributed by atoms with Gasteiger partial charge in [-0.2, -0.15) is 13.2 Å². The minimum Gasteiger partial charge on any atom is -0.327 e. The summed E-state index contributed by atoms with van der Waals surface area (Å²) in [6.45, 7) is -0.572. The SMILES string of the molecule is C[NH+](C)CNCC(F)(F)F. The van der Waals surface area contributed by atoms with Gasteiger partial charge in [0.2, 0.25) is 0 Å². The lowest BCUT2D eigenvalue weighted by Crippen LogP contribution is -3.07. The minimum absolute atomic E-state index is 0.333. The zero-order valence-electron chi connectivity index (χ0n) is 6.05. The molecule has 2 nitrogen and oxygen atoms in total. The second-order valence-electron chi connectivity index (χ2n) is 2.43. The van der Waals surface area contributed by atoms with Gasteiger partial charge in [-0.3, -0.25) is 5.32 Å². The summed E-state index contributed by atoms with van der Waals surface area (Å²) >= 11 is 0. The first-order valence-corrected chi connectivity index (χ1v) is 2.98. The molecule has 0 bridgehead atoms. The summed E-state index contributed by atoms with van der Waals surface area (Å²) in [4.78, 5) is 0.948. The summed E-state index contributed by atoms with van der Waals surface area (Å²) in [6, 6.07) is 0. The molecule has 0 aliphatic carbocycles. The minimum atomic E-state index is -4.09. The van der Waals surface area contributed by atoms with Crippen molar-refractivity contribution < 1.29 is 18.1 Å². The number of hydrogen-bond acceptors (Lipinski definition) is 1. The average Bonchev–Trinajstić information content (AvgIpc) is 1.59. The lowest BCUT2D eigenvalue weighted by atomic mass is 10.6. The fourth-order valence-electron chi connectivity index (χ4n) is 0.454. The molecule has 0 saturated carbocycles. The van der Waals surface area contributed by atoms with E-state index in [-0.39, 0.29) is 0 Å². The van der Waals surface area contributed by atoms with Crippen LogP contribution in [0.4, 0.5) is 13.2 Å². The monoisotopic (exact) mass is 157 g/mol. The molecule has 0 aliphatic rings. The Kier molecular flexibility index (Phi) is 3.67. The first-order valence-electron chi connectivity index (χ1n) is 2.98. The van der Waals surface area contributed by atoms with Crippen LogP contribution in [0.25, 0.3) is 0 Å². The molecule has 0 spiro atoms. The van der Waals surface area contributed by atoms with Gasteiger partial charge in [-0.1, -0.05) is 0 Å². The van der Waals surface area contributed by atoms with Crippen molar-refractivity contribution in [3.05, 3.63) is 0 Å². The fourth-order valence-corrected chi connectivity index (χ4v) is 0.454. The van der Waals surface area contributed by atoms with E-state index in [1.807, 2.05) is 0 Å². The molecule has 0 aliphatic heterocycles. The summed E-state index contributed by atoms with van der Waals surface area (Å²) < 4.78 is 34.3. The van der Waals surface area contributed by atoms with Gasteiger partial charge in [0.05, 0.1) is 20.6 Å². The maximum Gasteiger partial charge on any atom is 0.401 e. The molecule has 0 amide bonds. The molecule has 0 radical (unpaired) electrons. The van der Waals surface area contributed by atoms with Crippen LogP contribution >= 0.6 is 0 Å². The Morgan fingerprint density at radius 2 is 1.80 bits per heavy atom. The second-order valence-corrected chi connectivity index (χ2v) is 2.43. The molecule has 0 saturated heterocycles. The quantitative estimate of drug-likeness (QED) is 0.515. The van der Waals surface area contributed by atoms with Crippen molar-refractivity contribution in [1.29, 1.82) is 0 Å². The van der Waals surface area contributed by atoms with Crippen LogP contribution in [-0.4, -0.2) is 33.5 Å². The van der Waals surface area contributed by atoms with Crippen LogP contribution in [0, 0.1) is 0 Å². The Labute approximate surface area is 58.0 Å². The summed E-state index contributed by atoms with van der Waals surface area (Å²) in [6.07, 6.45) is -4.09. The standard InChI is InChI=1S/C5H11F3N2/c1-10(2)4-9-3-5(6,7)8/h9H,3-4H2,1-2H3/p+1. The maximum atomic E-state index is 11.4. The van der Waals surface area contributed by atoms with Gasteiger partial charge in [0.1, 0.15) is 6.67 Å². The second kappa shape index (κ2) is 3.78. The van der Waals surface area contributed by atoms with Crippen LogP contribution in [0.2, 0.25) is 0 Å². The van der Waals surface area contributed by atoms with Gasteiger partial charge in [0, 0.05) is 0 Å². The van der Waals surface area contributed by atoms with Crippen LogP contribution in [-0.2, 0) is 0 Å². The summed E-state index contributed by atoms with van der Waals surface area (Å²) in [7, 11) is 3.56. The van der Waals surface area contributed by atoms with E-state index in [4.69, 9.17) is 0 Å². The molecule has 5 heteroatoms. The Morgan fingerprint density at radius 3 is 2.10 bits per heavy atom. The van der Waals surface area contributed by atoms with Gasteiger partial charge in [0.25, 0.3) is 0 Å². The summed E-state index contributed by atoms with van der Waals surface area (Å²) in [5, 5.41) is 2.26. The molecule has 10 heavy (non-hydrogen) atoms. The Bertz CT molecular complexity index is 89.4. The third-order valence-electron chi connectivity index (χ3n) is 0.804. The van der Waals surface area contributed by atoms with E-state index >= 15 is 0 Å². The highest BCUT2D eigenvalue weighted by Crippen LogP contribution is 2.11. The maximum absolute atomic E-state index is 11.4. The normalized spacial score (nSPS) is 12.6. The number of rotatable bonds is 3. The molecular weight excluding hydrogens is 145 g/mol. The molecule has 0 aromatic rings. The predicted octanol–water partition coefficient (Wildman–Crippen LogP) is -0.760. The number of nitrogens with one attached hydrogen (secondary N) is 2. The molecule has 0 unspecified atom stereocenters. The van der Waals surface area contributed by atoms with Crippen molar-refractivity contribution >= 4 is 0 Å². The molecule has 0 aromatic carbocycles. The third kappa shape index (κ3) is 7.71. The Morgan fingerprint density at radius 1 is 1.30 bits per heavy atom. The topological polar surface area (TPSA) is 16.5 Å². The van der Waals surface area contributed by atoms with Crippen LogP contribution in [0.1, 0.15) is 0 Å². The summed E-state index contributed by atoms with van der Waals surface area (Å²) in [5.41, 5.74) is 0. The van der Waals surface area contributed by atoms with E-state index in [0.717, 1.165) is 4.90 Å². The van der Waals surface area contributed by atoms with Crippen LogP contribution in [0.15, 0.2) is 0 Å². The number of hydrogen-bond donors (Lipinski definition) is 2. The molecule has 0 aromatic heterocycles. The van der Waals surface area contributed by atoms with E-state index in [1.165, 1.54) is 0 Å². The molecule has 62 valence electrons. The van der Waals surface area contributed by atoms with E-state index in [1.54, 1.807) is 14.1 Å². The van der Waals surface area contributed by atoms with Gasteiger partial charge in [-0.05, 0) is 0 Å². The van der Waals surface area contributed by atoms with Crippen LogP contribution < -0.4 is 10.2 Å². The van der Waals surface area contributed by atoms with Crippen molar-refractivity contribution in [3.63, 3.8) is 0 Å². The van der Waals surface area contributed by atoms with Crippen molar-refractivity contribution in [1.82, 2.24) is 5.32 Å². The number of alkyl halides is 3. The van der Waals surface area contributed by atoms with Gasteiger partial charge < -0.3 is 4.90 Å². The van der Waals surface area contributed by atoms with Crippen LogP contribution in [0.5, 0.6) is 0 Å². The lowest BCUT2D eigenvalue weighted by molar-refractivity contribution is -0.861. The highest BCUT2D eigenvalue weighted by molar-refractivity contribution is 4.50. The van der Waals surface area contributed by atoms with Gasteiger partial charge in [-0.15, -0.1) is 0 Å². The van der Waals surface area contributed by atoms with E-state index < -0.39 is 12.7 Å². The van der Waals surface area contributed by atoms with Gasteiger partial charge >= 0.3 is 6.18 Å². The molecule has 2 N–H and O–H groups in total.